The first-order valence-corrected chi connectivity index (χ1v) is 7.40. The molecule has 0 aromatic heterocycles. The largest absolute Gasteiger partial charge is 0.489 e. The first-order chi connectivity index (χ1) is 12.0. The van der Waals surface area contributed by atoms with Gasteiger partial charge in [-0.15, -0.1) is 0 Å². The Kier molecular flexibility index (Phi) is 4.47. The van der Waals surface area contributed by atoms with Crippen molar-refractivity contribution in [1.82, 2.24) is 10.6 Å². The second-order valence-corrected chi connectivity index (χ2v) is 5.33. The molecule has 0 bridgehead atoms. The molecule has 0 saturated carbocycles. The van der Waals surface area contributed by atoms with Gasteiger partial charge >= 0.3 is 12.0 Å². The smallest absolute Gasteiger partial charge is 0.335 e. The number of aromatic carboxylic acids is 1. The van der Waals surface area contributed by atoms with Crippen molar-refractivity contribution in [2.45, 2.75) is 6.61 Å². The Bertz CT molecular complexity index is 871. The maximum absolute atomic E-state index is 11.5. The van der Waals surface area contributed by atoms with E-state index in [9.17, 15) is 14.4 Å². The highest BCUT2D eigenvalue weighted by molar-refractivity contribution is 6.13. The Morgan fingerprint density at radius 1 is 1.08 bits per heavy atom. The molecule has 1 fully saturated rings. The Morgan fingerprint density at radius 2 is 1.84 bits per heavy atom. The van der Waals surface area contributed by atoms with Gasteiger partial charge in [-0.25, -0.2) is 9.59 Å². The summed E-state index contributed by atoms with van der Waals surface area (Å²) in [6, 6.07) is 12.9. The van der Waals surface area contributed by atoms with E-state index in [0.29, 0.717) is 5.75 Å². The van der Waals surface area contributed by atoms with Gasteiger partial charge in [0, 0.05) is 0 Å². The number of rotatable bonds is 5. The summed E-state index contributed by atoms with van der Waals surface area (Å²) >= 11 is 0. The lowest BCUT2D eigenvalue weighted by atomic mass is 10.1. The number of hydrogen-bond donors (Lipinski definition) is 3. The van der Waals surface area contributed by atoms with Crippen molar-refractivity contribution in [2.24, 2.45) is 0 Å². The lowest BCUT2D eigenvalue weighted by Gasteiger charge is -2.07. The Morgan fingerprint density at radius 3 is 2.48 bits per heavy atom. The Balaban J connectivity index is 1.64. The second-order valence-electron chi connectivity index (χ2n) is 5.33. The normalized spacial score (nSPS) is 15.0. The molecule has 25 heavy (non-hydrogen) atoms. The molecular formula is C18H14N2O5. The molecular weight excluding hydrogens is 324 g/mol. The van der Waals surface area contributed by atoms with Crippen LogP contribution in [0, 0.1) is 0 Å². The number of benzene rings is 2. The molecule has 126 valence electrons. The van der Waals surface area contributed by atoms with Gasteiger partial charge in [0.15, 0.2) is 0 Å². The van der Waals surface area contributed by atoms with Gasteiger partial charge < -0.3 is 15.2 Å². The summed E-state index contributed by atoms with van der Waals surface area (Å²) in [5.74, 6) is -0.853. The summed E-state index contributed by atoms with van der Waals surface area (Å²) in [6.07, 6.45) is 1.56. The molecule has 1 aliphatic heterocycles. The van der Waals surface area contributed by atoms with Gasteiger partial charge in [-0.1, -0.05) is 24.3 Å². The molecule has 0 aliphatic carbocycles. The highest BCUT2D eigenvalue weighted by atomic mass is 16.5. The van der Waals surface area contributed by atoms with Crippen molar-refractivity contribution in [3.63, 3.8) is 0 Å². The third-order valence-electron chi connectivity index (χ3n) is 3.49. The molecule has 7 nitrogen and oxygen atoms in total. The molecule has 2 aromatic carbocycles. The standard InChI is InChI=1S/C18H14N2O5/c21-16-15(19-18(24)20-16)9-11-4-6-14(7-5-11)25-10-12-2-1-3-13(8-12)17(22)23/h1-9H,10H2,(H,22,23)(H2,19,20,21,24)/b15-9+. The van der Waals surface area contributed by atoms with Crippen LogP contribution in [0.2, 0.25) is 0 Å². The zero-order valence-electron chi connectivity index (χ0n) is 13.0. The number of ether oxygens (including phenoxy) is 1. The summed E-state index contributed by atoms with van der Waals surface area (Å²) in [7, 11) is 0. The third kappa shape index (κ3) is 4.03. The molecule has 1 aliphatic rings. The first-order valence-electron chi connectivity index (χ1n) is 7.40. The number of amides is 3. The number of carboxylic acids is 1. The quantitative estimate of drug-likeness (QED) is 0.572. The minimum absolute atomic E-state index is 0.184. The molecule has 2 aromatic rings. The summed E-state index contributed by atoms with van der Waals surface area (Å²) in [4.78, 5) is 33.5. The van der Waals surface area contributed by atoms with E-state index in [-0.39, 0.29) is 17.9 Å². The number of carbonyl (C=O) groups excluding carboxylic acids is 2. The van der Waals surface area contributed by atoms with Crippen LogP contribution in [0.3, 0.4) is 0 Å². The molecule has 3 N–H and O–H groups in total. The van der Waals surface area contributed by atoms with Crippen molar-refractivity contribution in [2.75, 3.05) is 0 Å². The minimum atomic E-state index is -0.984. The zero-order chi connectivity index (χ0) is 17.8. The highest BCUT2D eigenvalue weighted by Gasteiger charge is 2.22. The first kappa shape index (κ1) is 16.3. The van der Waals surface area contributed by atoms with Crippen molar-refractivity contribution >= 4 is 24.0 Å². The van der Waals surface area contributed by atoms with Gasteiger partial charge in [0.25, 0.3) is 5.91 Å². The summed E-state index contributed by atoms with van der Waals surface area (Å²) in [5, 5.41) is 13.5. The summed E-state index contributed by atoms with van der Waals surface area (Å²) in [6.45, 7) is 0.236. The average molecular weight is 338 g/mol. The van der Waals surface area contributed by atoms with E-state index in [1.165, 1.54) is 6.07 Å². The van der Waals surface area contributed by atoms with Gasteiger partial charge in [-0.3, -0.25) is 10.1 Å². The number of nitrogens with one attached hydrogen (secondary N) is 2. The fourth-order valence-corrected chi connectivity index (χ4v) is 2.27. The lowest BCUT2D eigenvalue weighted by molar-refractivity contribution is -0.115. The van der Waals surface area contributed by atoms with E-state index in [1.807, 2.05) is 0 Å². The van der Waals surface area contributed by atoms with E-state index >= 15 is 0 Å². The van der Waals surface area contributed by atoms with Crippen molar-refractivity contribution < 1.29 is 24.2 Å². The fraction of sp³-hybridized carbons (Fsp3) is 0.0556. The zero-order valence-corrected chi connectivity index (χ0v) is 13.0. The number of hydrogen-bond acceptors (Lipinski definition) is 4. The molecule has 0 radical (unpaired) electrons. The van der Waals surface area contributed by atoms with Crippen LogP contribution >= 0.6 is 0 Å². The lowest BCUT2D eigenvalue weighted by Crippen LogP contribution is -2.22. The molecule has 1 heterocycles. The maximum Gasteiger partial charge on any atom is 0.335 e. The van der Waals surface area contributed by atoms with E-state index in [4.69, 9.17) is 9.84 Å². The Labute approximate surface area is 142 Å². The molecule has 3 amide bonds. The minimum Gasteiger partial charge on any atom is -0.489 e. The van der Waals surface area contributed by atoms with E-state index in [1.54, 1.807) is 48.5 Å². The van der Waals surface area contributed by atoms with Crippen LogP contribution in [0.25, 0.3) is 6.08 Å². The summed E-state index contributed by atoms with van der Waals surface area (Å²) in [5.41, 5.74) is 1.87. The Hall–Kier alpha value is -3.61. The molecule has 7 heteroatoms. The van der Waals surface area contributed by atoms with E-state index in [0.717, 1.165) is 11.1 Å². The van der Waals surface area contributed by atoms with Gasteiger partial charge in [0.2, 0.25) is 0 Å². The van der Waals surface area contributed by atoms with Crippen LogP contribution < -0.4 is 15.4 Å². The molecule has 0 unspecified atom stereocenters. The maximum atomic E-state index is 11.5. The van der Waals surface area contributed by atoms with Crippen molar-refractivity contribution in [3.8, 4) is 5.75 Å². The van der Waals surface area contributed by atoms with Crippen LogP contribution in [0.1, 0.15) is 21.5 Å². The fourth-order valence-electron chi connectivity index (χ4n) is 2.27. The highest BCUT2D eigenvalue weighted by Crippen LogP contribution is 2.17. The van der Waals surface area contributed by atoms with Crippen LogP contribution in [-0.4, -0.2) is 23.0 Å². The van der Waals surface area contributed by atoms with Crippen LogP contribution in [0.5, 0.6) is 5.75 Å². The summed E-state index contributed by atoms with van der Waals surface area (Å²) < 4.78 is 5.63. The predicted molar refractivity (Wildman–Crippen MR) is 88.8 cm³/mol. The second kappa shape index (κ2) is 6.88. The molecule has 0 spiro atoms. The van der Waals surface area contributed by atoms with Gasteiger partial charge in [0.1, 0.15) is 18.1 Å². The monoisotopic (exact) mass is 338 g/mol. The van der Waals surface area contributed by atoms with Crippen molar-refractivity contribution in [3.05, 3.63) is 70.9 Å². The number of carboxylic acid groups (broad SMARTS) is 1. The van der Waals surface area contributed by atoms with E-state index < -0.39 is 17.9 Å². The molecule has 1 saturated heterocycles. The van der Waals surface area contributed by atoms with Crippen molar-refractivity contribution in [1.29, 1.82) is 0 Å². The number of imide groups is 1. The van der Waals surface area contributed by atoms with Crippen LogP contribution in [0.4, 0.5) is 4.79 Å². The number of urea groups is 1. The van der Waals surface area contributed by atoms with Crippen LogP contribution in [0.15, 0.2) is 54.2 Å². The topological polar surface area (TPSA) is 105 Å². The van der Waals surface area contributed by atoms with Gasteiger partial charge in [-0.2, -0.15) is 0 Å². The molecule has 0 atom stereocenters. The average Bonchev–Trinajstić information content (AvgIpc) is 2.92. The van der Waals surface area contributed by atoms with E-state index in [2.05, 4.69) is 10.6 Å². The van der Waals surface area contributed by atoms with Gasteiger partial charge in [0.05, 0.1) is 5.56 Å². The SMILES string of the molecule is O=C1NC(=O)/C(=C\c2ccc(OCc3cccc(C(=O)O)c3)cc2)N1. The third-order valence-corrected chi connectivity index (χ3v) is 3.49. The molecule has 3 rings (SSSR count). The van der Waals surface area contributed by atoms with Crippen LogP contribution in [-0.2, 0) is 11.4 Å². The number of carbonyl (C=O) groups is 3. The predicted octanol–water partition coefficient (Wildman–Crippen LogP) is 2.14. The van der Waals surface area contributed by atoms with Gasteiger partial charge in [-0.05, 0) is 41.5 Å².